The van der Waals surface area contributed by atoms with Gasteiger partial charge in [-0.1, -0.05) is 30.3 Å². The van der Waals surface area contributed by atoms with Gasteiger partial charge in [0.15, 0.2) is 0 Å². The van der Waals surface area contributed by atoms with Crippen LogP contribution in [0, 0.1) is 6.92 Å². The average Bonchev–Trinajstić information content (AvgIpc) is 2.96. The highest BCUT2D eigenvalue weighted by atomic mass is 32.1. The van der Waals surface area contributed by atoms with Crippen molar-refractivity contribution in [3.63, 3.8) is 0 Å². The third kappa shape index (κ3) is 4.20. The lowest BCUT2D eigenvalue weighted by Gasteiger charge is -2.29. The lowest BCUT2D eigenvalue weighted by molar-refractivity contribution is -0.137. The predicted molar refractivity (Wildman–Crippen MR) is 96.2 cm³/mol. The van der Waals surface area contributed by atoms with Gasteiger partial charge in [-0.15, -0.1) is 11.3 Å². The van der Waals surface area contributed by atoms with Gasteiger partial charge in [0.1, 0.15) is 6.10 Å². The summed E-state index contributed by atoms with van der Waals surface area (Å²) < 4.78 is 5.53. The number of ether oxygens (including phenoxy) is 1. The molecule has 5 nitrogen and oxygen atoms in total. The Morgan fingerprint density at radius 3 is 2.96 bits per heavy atom. The monoisotopic (exact) mass is 345 g/mol. The van der Waals surface area contributed by atoms with Crippen LogP contribution in [0.3, 0.4) is 0 Å². The second-order valence-corrected chi connectivity index (χ2v) is 7.33. The summed E-state index contributed by atoms with van der Waals surface area (Å²) in [4.78, 5) is 20.2. The van der Waals surface area contributed by atoms with Crippen LogP contribution in [0.1, 0.15) is 9.88 Å². The van der Waals surface area contributed by atoms with Crippen molar-refractivity contribution < 1.29 is 9.53 Å². The molecule has 1 aromatic carbocycles. The minimum atomic E-state index is -0.360. The topological polar surface area (TPSA) is 54.5 Å². The molecule has 1 atom stereocenters. The molecule has 3 rings (SSSR count). The molecule has 24 heavy (non-hydrogen) atoms. The summed E-state index contributed by atoms with van der Waals surface area (Å²) in [6, 6.07) is 10.2. The summed E-state index contributed by atoms with van der Waals surface area (Å²) in [5.74, 6) is -0.0295. The third-order valence-corrected chi connectivity index (χ3v) is 5.12. The van der Waals surface area contributed by atoms with E-state index in [4.69, 9.17) is 9.72 Å². The van der Waals surface area contributed by atoms with Crippen LogP contribution in [-0.2, 0) is 16.0 Å². The number of hydrogen-bond acceptors (Lipinski definition) is 5. The van der Waals surface area contributed by atoms with Gasteiger partial charge < -0.3 is 15.0 Å². The van der Waals surface area contributed by atoms with Crippen molar-refractivity contribution in [2.45, 2.75) is 19.4 Å². The Morgan fingerprint density at radius 1 is 1.42 bits per heavy atom. The van der Waals surface area contributed by atoms with Gasteiger partial charge in [0, 0.05) is 36.5 Å². The molecule has 0 spiro atoms. The molecule has 1 unspecified atom stereocenters. The highest BCUT2D eigenvalue weighted by Crippen LogP contribution is 2.27. The zero-order valence-electron chi connectivity index (χ0n) is 14.1. The first-order valence-electron chi connectivity index (χ1n) is 8.23. The first kappa shape index (κ1) is 17.1. The van der Waals surface area contributed by atoms with Crippen molar-refractivity contribution in [1.82, 2.24) is 15.2 Å². The van der Waals surface area contributed by atoms with Gasteiger partial charge in [0.25, 0.3) is 0 Å². The molecule has 0 radical (unpaired) electrons. The van der Waals surface area contributed by atoms with Gasteiger partial charge >= 0.3 is 0 Å². The molecule has 1 fully saturated rings. The molecule has 2 heterocycles. The normalized spacial score (nSPS) is 18.5. The SMILES string of the molecule is Cc1sc(CCNC(=O)C2CN(C)CCO2)nc1-c1ccccc1. The van der Waals surface area contributed by atoms with Crippen LogP contribution >= 0.6 is 11.3 Å². The van der Waals surface area contributed by atoms with Crippen LogP contribution < -0.4 is 5.32 Å². The molecular formula is C18H23N3O2S. The van der Waals surface area contributed by atoms with Gasteiger partial charge in [-0.05, 0) is 14.0 Å². The van der Waals surface area contributed by atoms with Crippen molar-refractivity contribution in [1.29, 1.82) is 0 Å². The van der Waals surface area contributed by atoms with E-state index >= 15 is 0 Å². The number of thiazole rings is 1. The van der Waals surface area contributed by atoms with E-state index in [1.54, 1.807) is 11.3 Å². The lowest BCUT2D eigenvalue weighted by atomic mass is 10.1. The van der Waals surface area contributed by atoms with Gasteiger partial charge in [-0.2, -0.15) is 0 Å². The highest BCUT2D eigenvalue weighted by molar-refractivity contribution is 7.12. The van der Waals surface area contributed by atoms with Crippen molar-refractivity contribution in [2.24, 2.45) is 0 Å². The predicted octanol–water partition coefficient (Wildman–Crippen LogP) is 2.11. The highest BCUT2D eigenvalue weighted by Gasteiger charge is 2.24. The van der Waals surface area contributed by atoms with Crippen LogP contribution in [-0.4, -0.2) is 55.2 Å². The number of hydrogen-bond donors (Lipinski definition) is 1. The number of aryl methyl sites for hydroxylation is 1. The van der Waals surface area contributed by atoms with Crippen molar-refractivity contribution in [3.05, 3.63) is 40.2 Å². The molecule has 0 saturated carbocycles. The molecule has 1 aliphatic heterocycles. The maximum Gasteiger partial charge on any atom is 0.250 e. The van der Waals surface area contributed by atoms with E-state index in [0.717, 1.165) is 29.2 Å². The van der Waals surface area contributed by atoms with E-state index in [9.17, 15) is 4.79 Å². The van der Waals surface area contributed by atoms with Crippen molar-refractivity contribution >= 4 is 17.2 Å². The lowest BCUT2D eigenvalue weighted by Crippen LogP contribution is -2.48. The Balaban J connectivity index is 1.53. The summed E-state index contributed by atoms with van der Waals surface area (Å²) in [7, 11) is 2.01. The maximum absolute atomic E-state index is 12.1. The number of nitrogens with one attached hydrogen (secondary N) is 1. The molecule has 128 valence electrons. The number of likely N-dealkylation sites (N-methyl/N-ethyl adjacent to an activating group) is 1. The van der Waals surface area contributed by atoms with Crippen LogP contribution in [0.15, 0.2) is 30.3 Å². The Morgan fingerprint density at radius 2 is 2.21 bits per heavy atom. The van der Waals surface area contributed by atoms with Gasteiger partial charge in [-0.3, -0.25) is 4.79 Å². The summed E-state index contributed by atoms with van der Waals surface area (Å²) in [5.41, 5.74) is 2.18. The van der Waals surface area contributed by atoms with Gasteiger partial charge in [0.05, 0.1) is 17.3 Å². The van der Waals surface area contributed by atoms with Gasteiger partial charge in [-0.25, -0.2) is 4.98 Å². The number of benzene rings is 1. The third-order valence-electron chi connectivity index (χ3n) is 4.09. The fourth-order valence-corrected chi connectivity index (χ4v) is 3.72. The minimum Gasteiger partial charge on any atom is -0.366 e. The Labute approximate surface area is 146 Å². The number of carbonyl (C=O) groups is 1. The summed E-state index contributed by atoms with van der Waals surface area (Å²) in [6.07, 6.45) is 0.383. The maximum atomic E-state index is 12.1. The molecular weight excluding hydrogens is 322 g/mol. The molecule has 0 aliphatic carbocycles. The molecule has 0 bridgehead atoms. The zero-order chi connectivity index (χ0) is 16.9. The number of nitrogens with zero attached hydrogens (tertiary/aromatic N) is 2. The summed E-state index contributed by atoms with van der Waals surface area (Å²) >= 11 is 1.69. The Kier molecular flexibility index (Phi) is 5.60. The van der Waals surface area contributed by atoms with Crippen LogP contribution in [0.25, 0.3) is 11.3 Å². The first-order chi connectivity index (χ1) is 11.6. The second kappa shape index (κ2) is 7.88. The zero-order valence-corrected chi connectivity index (χ0v) is 14.9. The summed E-state index contributed by atoms with van der Waals surface area (Å²) in [5, 5.41) is 4.02. The molecule has 1 N–H and O–H groups in total. The quantitative estimate of drug-likeness (QED) is 0.902. The first-order valence-corrected chi connectivity index (χ1v) is 9.04. The fraction of sp³-hybridized carbons (Fsp3) is 0.444. The molecule has 1 saturated heterocycles. The molecule has 6 heteroatoms. The average molecular weight is 345 g/mol. The van der Waals surface area contributed by atoms with Crippen LogP contribution in [0.4, 0.5) is 0 Å². The van der Waals surface area contributed by atoms with E-state index in [2.05, 4.69) is 29.3 Å². The molecule has 1 amide bonds. The van der Waals surface area contributed by atoms with Crippen molar-refractivity contribution in [3.8, 4) is 11.3 Å². The number of rotatable bonds is 5. The number of morpholine rings is 1. The second-order valence-electron chi connectivity index (χ2n) is 6.04. The number of carbonyl (C=O) groups excluding carboxylic acids is 1. The van der Waals surface area contributed by atoms with E-state index in [-0.39, 0.29) is 12.0 Å². The number of aromatic nitrogens is 1. The van der Waals surface area contributed by atoms with E-state index in [1.165, 1.54) is 4.88 Å². The Bertz CT molecular complexity index is 687. The molecule has 1 aromatic heterocycles. The van der Waals surface area contributed by atoms with E-state index < -0.39 is 0 Å². The van der Waals surface area contributed by atoms with Gasteiger partial charge in [0.2, 0.25) is 5.91 Å². The fourth-order valence-electron chi connectivity index (χ4n) is 2.77. The molecule has 2 aromatic rings. The largest absolute Gasteiger partial charge is 0.366 e. The minimum absolute atomic E-state index is 0.0295. The number of amides is 1. The van der Waals surface area contributed by atoms with Crippen molar-refractivity contribution in [2.75, 3.05) is 33.3 Å². The Hall–Kier alpha value is -1.76. The smallest absolute Gasteiger partial charge is 0.250 e. The van der Waals surface area contributed by atoms with E-state index in [0.29, 0.717) is 19.7 Å². The summed E-state index contributed by atoms with van der Waals surface area (Å²) in [6.45, 7) is 4.82. The standard InChI is InChI=1S/C18H23N3O2S/c1-13-17(14-6-4-3-5-7-14)20-16(24-13)8-9-19-18(22)15-12-21(2)10-11-23-15/h3-7,15H,8-12H2,1-2H3,(H,19,22). The van der Waals surface area contributed by atoms with Crippen LogP contribution in [0.2, 0.25) is 0 Å². The van der Waals surface area contributed by atoms with E-state index in [1.807, 2.05) is 25.2 Å². The van der Waals surface area contributed by atoms with Crippen LogP contribution in [0.5, 0.6) is 0 Å². The molecule has 1 aliphatic rings.